The summed E-state index contributed by atoms with van der Waals surface area (Å²) in [6.07, 6.45) is 4.15. The van der Waals surface area contributed by atoms with Crippen molar-refractivity contribution in [3.63, 3.8) is 0 Å². The molecule has 0 fully saturated rings. The first-order chi connectivity index (χ1) is 11.4. The lowest BCUT2D eigenvalue weighted by Crippen LogP contribution is -2.38. The monoisotopic (exact) mass is 349 g/mol. The van der Waals surface area contributed by atoms with Crippen LogP contribution in [-0.2, 0) is 10.0 Å². The van der Waals surface area contributed by atoms with Crippen LogP contribution in [0.1, 0.15) is 10.4 Å². The van der Waals surface area contributed by atoms with E-state index in [0.29, 0.717) is 17.0 Å². The van der Waals surface area contributed by atoms with E-state index in [4.69, 9.17) is 4.74 Å². The molecule has 2 rings (SSSR count). The standard InChI is InChI=1S/C16H19N3O4S/c1-23-15-7-5-14(6-8-15)19(24(2,21)22)11-10-18-16(20)13-4-3-9-17-12-13/h3-9,12H,10-11H2,1-2H3,(H,18,20). The van der Waals surface area contributed by atoms with Crippen molar-refractivity contribution >= 4 is 21.6 Å². The molecule has 0 atom stereocenters. The molecule has 1 aromatic carbocycles. The number of rotatable bonds is 7. The summed E-state index contributed by atoms with van der Waals surface area (Å²) in [6.45, 7) is 0.296. The van der Waals surface area contributed by atoms with Gasteiger partial charge in [0.25, 0.3) is 5.91 Å². The van der Waals surface area contributed by atoms with Crippen LogP contribution in [0.15, 0.2) is 48.8 Å². The van der Waals surface area contributed by atoms with Gasteiger partial charge in [0.1, 0.15) is 5.75 Å². The van der Waals surface area contributed by atoms with Crippen LogP contribution in [0.3, 0.4) is 0 Å². The van der Waals surface area contributed by atoms with Crippen LogP contribution in [0.2, 0.25) is 0 Å². The smallest absolute Gasteiger partial charge is 0.252 e. The predicted octanol–water partition coefficient (Wildman–Crippen LogP) is 1.29. The topological polar surface area (TPSA) is 88.6 Å². The first-order valence-corrected chi connectivity index (χ1v) is 9.06. The van der Waals surface area contributed by atoms with E-state index in [-0.39, 0.29) is 19.0 Å². The van der Waals surface area contributed by atoms with E-state index in [1.807, 2.05) is 0 Å². The quantitative estimate of drug-likeness (QED) is 0.814. The van der Waals surface area contributed by atoms with Gasteiger partial charge in [-0.15, -0.1) is 0 Å². The van der Waals surface area contributed by atoms with Crippen molar-refractivity contribution in [1.82, 2.24) is 10.3 Å². The minimum Gasteiger partial charge on any atom is -0.497 e. The second kappa shape index (κ2) is 7.78. The number of methoxy groups -OCH3 is 1. The maximum atomic E-state index is 12.0. The molecule has 0 aliphatic heterocycles. The zero-order chi connectivity index (χ0) is 17.6. The van der Waals surface area contributed by atoms with Gasteiger partial charge >= 0.3 is 0 Å². The highest BCUT2D eigenvalue weighted by Crippen LogP contribution is 2.21. The fourth-order valence-electron chi connectivity index (χ4n) is 2.10. The van der Waals surface area contributed by atoms with Gasteiger partial charge < -0.3 is 10.1 Å². The number of pyridine rings is 1. The van der Waals surface area contributed by atoms with Crippen LogP contribution in [-0.4, -0.2) is 45.8 Å². The molecule has 0 unspecified atom stereocenters. The number of carbonyl (C=O) groups is 1. The fraction of sp³-hybridized carbons (Fsp3) is 0.250. The molecule has 0 aliphatic carbocycles. The van der Waals surface area contributed by atoms with Crippen LogP contribution in [0.4, 0.5) is 5.69 Å². The normalized spacial score (nSPS) is 10.9. The summed E-state index contributed by atoms with van der Waals surface area (Å²) in [4.78, 5) is 15.8. The minimum atomic E-state index is -3.47. The maximum Gasteiger partial charge on any atom is 0.252 e. The van der Waals surface area contributed by atoms with Gasteiger partial charge in [-0.25, -0.2) is 8.42 Å². The summed E-state index contributed by atoms with van der Waals surface area (Å²) in [5.74, 6) is 0.336. The first-order valence-electron chi connectivity index (χ1n) is 7.22. The number of amides is 1. The number of nitrogens with zero attached hydrogens (tertiary/aromatic N) is 2. The van der Waals surface area contributed by atoms with E-state index >= 15 is 0 Å². The lowest BCUT2D eigenvalue weighted by Gasteiger charge is -2.22. The molecule has 128 valence electrons. The average molecular weight is 349 g/mol. The van der Waals surface area contributed by atoms with Crippen molar-refractivity contribution in [2.75, 3.05) is 30.8 Å². The van der Waals surface area contributed by atoms with Crippen molar-refractivity contribution < 1.29 is 17.9 Å². The molecule has 0 aliphatic rings. The molecule has 0 bridgehead atoms. The molecule has 1 aromatic heterocycles. The Bertz CT molecular complexity index is 777. The largest absolute Gasteiger partial charge is 0.497 e. The summed E-state index contributed by atoms with van der Waals surface area (Å²) in [5.41, 5.74) is 0.932. The molecule has 2 aromatic rings. The van der Waals surface area contributed by atoms with E-state index in [0.717, 1.165) is 6.26 Å². The maximum absolute atomic E-state index is 12.0. The summed E-state index contributed by atoms with van der Waals surface area (Å²) in [7, 11) is -1.93. The third-order valence-electron chi connectivity index (χ3n) is 3.28. The molecule has 1 N–H and O–H groups in total. The zero-order valence-corrected chi connectivity index (χ0v) is 14.3. The molecule has 24 heavy (non-hydrogen) atoms. The van der Waals surface area contributed by atoms with Crippen LogP contribution in [0, 0.1) is 0 Å². The summed E-state index contributed by atoms with van der Waals surface area (Å²) in [5, 5.41) is 2.68. The van der Waals surface area contributed by atoms with Crippen LogP contribution in [0.25, 0.3) is 0 Å². The number of nitrogens with one attached hydrogen (secondary N) is 1. The highest BCUT2D eigenvalue weighted by atomic mass is 32.2. The fourth-order valence-corrected chi connectivity index (χ4v) is 3.03. The van der Waals surface area contributed by atoms with E-state index < -0.39 is 10.0 Å². The van der Waals surface area contributed by atoms with Gasteiger partial charge in [-0.1, -0.05) is 0 Å². The van der Waals surface area contributed by atoms with Crippen molar-refractivity contribution in [2.45, 2.75) is 0 Å². The Morgan fingerprint density at radius 1 is 1.25 bits per heavy atom. The number of anilines is 1. The second-order valence-electron chi connectivity index (χ2n) is 5.03. The number of hydrogen-bond acceptors (Lipinski definition) is 5. The molecule has 0 saturated heterocycles. The van der Waals surface area contributed by atoms with E-state index in [1.165, 1.54) is 17.6 Å². The minimum absolute atomic E-state index is 0.122. The Labute approximate surface area is 141 Å². The molecular formula is C16H19N3O4S. The van der Waals surface area contributed by atoms with Gasteiger partial charge in [0.2, 0.25) is 10.0 Å². The Morgan fingerprint density at radius 2 is 1.96 bits per heavy atom. The first kappa shape index (κ1) is 17.7. The number of carbonyl (C=O) groups excluding carboxylic acids is 1. The predicted molar refractivity (Wildman–Crippen MR) is 91.8 cm³/mol. The molecule has 1 amide bonds. The molecule has 8 heteroatoms. The number of aromatic nitrogens is 1. The van der Waals surface area contributed by atoms with Crippen molar-refractivity contribution in [3.05, 3.63) is 54.4 Å². The Balaban J connectivity index is 2.03. The third kappa shape index (κ3) is 4.69. The lowest BCUT2D eigenvalue weighted by molar-refractivity contribution is 0.0954. The lowest BCUT2D eigenvalue weighted by atomic mass is 10.2. The number of ether oxygens (including phenoxy) is 1. The third-order valence-corrected chi connectivity index (χ3v) is 4.48. The molecule has 1 heterocycles. The highest BCUT2D eigenvalue weighted by molar-refractivity contribution is 7.92. The SMILES string of the molecule is COc1ccc(N(CCNC(=O)c2cccnc2)S(C)(=O)=O)cc1. The molecule has 0 saturated carbocycles. The average Bonchev–Trinajstić information content (AvgIpc) is 2.58. The van der Waals surface area contributed by atoms with Crippen molar-refractivity contribution in [2.24, 2.45) is 0 Å². The van der Waals surface area contributed by atoms with E-state index in [2.05, 4.69) is 10.3 Å². The molecule has 0 radical (unpaired) electrons. The number of hydrogen-bond donors (Lipinski definition) is 1. The summed E-state index contributed by atoms with van der Waals surface area (Å²) >= 11 is 0. The van der Waals surface area contributed by atoms with Gasteiger partial charge in [-0.3, -0.25) is 14.1 Å². The van der Waals surface area contributed by atoms with E-state index in [1.54, 1.807) is 42.6 Å². The highest BCUT2D eigenvalue weighted by Gasteiger charge is 2.17. The molecule has 7 nitrogen and oxygen atoms in total. The van der Waals surface area contributed by atoms with Crippen LogP contribution in [0.5, 0.6) is 5.75 Å². The van der Waals surface area contributed by atoms with E-state index in [9.17, 15) is 13.2 Å². The van der Waals surface area contributed by atoms with Gasteiger partial charge in [0.15, 0.2) is 0 Å². The Kier molecular flexibility index (Phi) is 5.75. The zero-order valence-electron chi connectivity index (χ0n) is 13.5. The number of sulfonamides is 1. The van der Waals surface area contributed by atoms with Crippen molar-refractivity contribution in [1.29, 1.82) is 0 Å². The van der Waals surface area contributed by atoms with Gasteiger partial charge in [0, 0.05) is 18.9 Å². The van der Waals surface area contributed by atoms with Gasteiger partial charge in [-0.05, 0) is 36.4 Å². The molecular weight excluding hydrogens is 330 g/mol. The summed E-state index contributed by atoms with van der Waals surface area (Å²) in [6, 6.07) is 9.98. The van der Waals surface area contributed by atoms with Gasteiger partial charge in [-0.2, -0.15) is 0 Å². The van der Waals surface area contributed by atoms with Gasteiger partial charge in [0.05, 0.1) is 31.2 Å². The van der Waals surface area contributed by atoms with Crippen LogP contribution < -0.4 is 14.4 Å². The second-order valence-corrected chi connectivity index (χ2v) is 6.94. The Morgan fingerprint density at radius 3 is 2.50 bits per heavy atom. The van der Waals surface area contributed by atoms with Crippen LogP contribution >= 0.6 is 0 Å². The number of benzene rings is 1. The van der Waals surface area contributed by atoms with Crippen molar-refractivity contribution in [3.8, 4) is 5.75 Å². The summed E-state index contributed by atoms with van der Waals surface area (Å²) < 4.78 is 30.3. The molecule has 0 spiro atoms. The Hall–Kier alpha value is -2.61.